The van der Waals surface area contributed by atoms with Crippen LogP contribution in [0.4, 0.5) is 21.0 Å². The average Bonchev–Trinajstić information content (AvgIpc) is 2.77. The van der Waals surface area contributed by atoms with Gasteiger partial charge < -0.3 is 24.4 Å². The molecular weight excluding hydrogens is 404 g/mol. The third-order valence-electron chi connectivity index (χ3n) is 3.06. The van der Waals surface area contributed by atoms with Crippen LogP contribution in [-0.4, -0.2) is 62.0 Å². The van der Waals surface area contributed by atoms with Gasteiger partial charge in [-0.25, -0.2) is 9.59 Å². The van der Waals surface area contributed by atoms with Crippen molar-refractivity contribution in [2.45, 2.75) is 13.8 Å². The van der Waals surface area contributed by atoms with Gasteiger partial charge in [0.1, 0.15) is 0 Å². The zero-order valence-corrected chi connectivity index (χ0v) is 18.0. The second kappa shape index (κ2) is 20.1. The maximum atomic E-state index is 10.9. The van der Waals surface area contributed by atoms with Gasteiger partial charge in [0.05, 0.1) is 39.6 Å². The summed E-state index contributed by atoms with van der Waals surface area (Å²) in [6, 6.07) is 18.4. The lowest BCUT2D eigenvalue weighted by atomic mass is 10.3. The molecule has 172 valence electrons. The highest BCUT2D eigenvalue weighted by atomic mass is 16.6. The molecule has 0 fully saturated rings. The Balaban J connectivity index is 0.000000454. The molecule has 4 N–H and O–H groups in total. The molecule has 0 aliphatic rings. The fraction of sp³-hybridized carbons (Fsp3) is 0.364. The summed E-state index contributed by atoms with van der Waals surface area (Å²) in [4.78, 5) is 21.8. The smallest absolute Gasteiger partial charge is 0.411 e. The minimum Gasteiger partial charge on any atom is -0.450 e. The summed E-state index contributed by atoms with van der Waals surface area (Å²) >= 11 is 0. The molecule has 31 heavy (non-hydrogen) atoms. The summed E-state index contributed by atoms with van der Waals surface area (Å²) in [7, 11) is 0. The molecule has 0 radical (unpaired) electrons. The van der Waals surface area contributed by atoms with Crippen molar-refractivity contribution >= 4 is 23.6 Å². The zero-order valence-electron chi connectivity index (χ0n) is 18.0. The van der Waals surface area contributed by atoms with E-state index in [1.165, 1.54) is 0 Å². The minimum atomic E-state index is -0.413. The van der Waals surface area contributed by atoms with Gasteiger partial charge in [-0.15, -0.1) is 0 Å². The molecule has 0 unspecified atom stereocenters. The second-order valence-corrected chi connectivity index (χ2v) is 5.48. The van der Waals surface area contributed by atoms with Crippen LogP contribution >= 0.6 is 0 Å². The van der Waals surface area contributed by atoms with Crippen molar-refractivity contribution in [3.63, 3.8) is 0 Å². The van der Waals surface area contributed by atoms with E-state index in [4.69, 9.17) is 19.7 Å². The monoisotopic (exact) mass is 436 g/mol. The first-order valence-electron chi connectivity index (χ1n) is 9.84. The number of rotatable bonds is 8. The number of aliphatic hydroxyl groups is 2. The largest absolute Gasteiger partial charge is 0.450 e. The molecule has 0 bridgehead atoms. The Hall–Kier alpha value is -3.14. The molecule has 2 rings (SSSR count). The van der Waals surface area contributed by atoms with Crippen molar-refractivity contribution in [3.8, 4) is 0 Å². The van der Waals surface area contributed by atoms with Crippen LogP contribution < -0.4 is 10.6 Å². The molecule has 9 nitrogen and oxygen atoms in total. The summed E-state index contributed by atoms with van der Waals surface area (Å²) in [5.41, 5.74) is 1.49. The Kier molecular flexibility index (Phi) is 18.1. The number of anilines is 2. The summed E-state index contributed by atoms with van der Waals surface area (Å²) in [5.74, 6) is 0. The number of carbonyl (C=O) groups excluding carboxylic acids is 2. The summed E-state index contributed by atoms with van der Waals surface area (Å²) in [5, 5.41) is 21.3. The van der Waals surface area contributed by atoms with E-state index in [2.05, 4.69) is 15.4 Å². The Morgan fingerprint density at radius 3 is 1.35 bits per heavy atom. The van der Waals surface area contributed by atoms with E-state index in [9.17, 15) is 9.59 Å². The predicted octanol–water partition coefficient (Wildman–Crippen LogP) is 3.50. The molecule has 0 aromatic heterocycles. The van der Waals surface area contributed by atoms with Crippen LogP contribution in [0.5, 0.6) is 0 Å². The van der Waals surface area contributed by atoms with E-state index in [0.29, 0.717) is 26.4 Å². The lowest BCUT2D eigenvalue weighted by Crippen LogP contribution is -2.12. The molecule has 9 heteroatoms. The fourth-order valence-corrected chi connectivity index (χ4v) is 1.84. The highest BCUT2D eigenvalue weighted by molar-refractivity contribution is 5.84. The van der Waals surface area contributed by atoms with Gasteiger partial charge in [0.15, 0.2) is 0 Å². The third-order valence-corrected chi connectivity index (χ3v) is 3.06. The highest BCUT2D eigenvalue weighted by Crippen LogP contribution is 2.05. The lowest BCUT2D eigenvalue weighted by molar-refractivity contribution is 0.0650. The molecule has 0 aliphatic carbocycles. The summed E-state index contributed by atoms with van der Waals surface area (Å²) < 4.78 is 14.0. The van der Waals surface area contributed by atoms with Crippen LogP contribution in [0.15, 0.2) is 60.7 Å². The van der Waals surface area contributed by atoms with Gasteiger partial charge >= 0.3 is 12.2 Å². The van der Waals surface area contributed by atoms with Crippen molar-refractivity contribution in [2.75, 3.05) is 50.3 Å². The van der Waals surface area contributed by atoms with Crippen molar-refractivity contribution < 1.29 is 34.0 Å². The van der Waals surface area contributed by atoms with Crippen molar-refractivity contribution in [2.24, 2.45) is 0 Å². The van der Waals surface area contributed by atoms with Crippen LogP contribution in [0.2, 0.25) is 0 Å². The number of ether oxygens (including phenoxy) is 3. The average molecular weight is 437 g/mol. The standard InChI is InChI=1S/2C9H11NO2.C4H10O3/c2*1-2-12-9(11)10-8-6-4-3-5-7-8;5-1-3-7-4-2-6/h2*3-7H,2H2,1H3,(H,10,11);5-6H,1-4H2. The molecule has 0 aliphatic heterocycles. The van der Waals surface area contributed by atoms with Crippen LogP contribution in [-0.2, 0) is 14.2 Å². The number of para-hydroxylation sites is 2. The molecule has 0 saturated heterocycles. The highest BCUT2D eigenvalue weighted by Gasteiger charge is 1.99. The fourth-order valence-electron chi connectivity index (χ4n) is 1.84. The van der Waals surface area contributed by atoms with E-state index < -0.39 is 12.2 Å². The molecular formula is C22H32N2O7. The first-order chi connectivity index (χ1) is 15.1. The molecule has 0 saturated carbocycles. The van der Waals surface area contributed by atoms with E-state index in [0.717, 1.165) is 11.4 Å². The topological polar surface area (TPSA) is 126 Å². The van der Waals surface area contributed by atoms with Gasteiger partial charge in [-0.2, -0.15) is 0 Å². The van der Waals surface area contributed by atoms with Crippen LogP contribution in [0.3, 0.4) is 0 Å². The van der Waals surface area contributed by atoms with Crippen molar-refractivity contribution in [1.82, 2.24) is 0 Å². The first kappa shape index (κ1) is 27.9. The van der Waals surface area contributed by atoms with Crippen LogP contribution in [0.1, 0.15) is 13.8 Å². The number of amides is 2. The number of benzene rings is 2. The van der Waals surface area contributed by atoms with Gasteiger partial charge in [0.25, 0.3) is 0 Å². The van der Waals surface area contributed by atoms with Gasteiger partial charge in [0, 0.05) is 11.4 Å². The summed E-state index contributed by atoms with van der Waals surface area (Å²) in [6.45, 7) is 5.01. The normalized spacial score (nSPS) is 9.16. The molecule has 2 amide bonds. The van der Waals surface area contributed by atoms with Gasteiger partial charge in [0.2, 0.25) is 0 Å². The van der Waals surface area contributed by atoms with Crippen LogP contribution in [0.25, 0.3) is 0 Å². The number of aliphatic hydroxyl groups excluding tert-OH is 2. The van der Waals surface area contributed by atoms with E-state index in [-0.39, 0.29) is 13.2 Å². The molecule has 2 aromatic rings. The molecule has 0 spiro atoms. The maximum absolute atomic E-state index is 10.9. The zero-order chi connectivity index (χ0) is 23.2. The van der Waals surface area contributed by atoms with E-state index in [1.807, 2.05) is 36.4 Å². The van der Waals surface area contributed by atoms with Gasteiger partial charge in [-0.05, 0) is 38.1 Å². The molecule has 0 atom stereocenters. The van der Waals surface area contributed by atoms with Crippen molar-refractivity contribution in [1.29, 1.82) is 0 Å². The van der Waals surface area contributed by atoms with E-state index >= 15 is 0 Å². The van der Waals surface area contributed by atoms with Crippen molar-refractivity contribution in [3.05, 3.63) is 60.7 Å². The third kappa shape index (κ3) is 17.4. The number of hydrogen-bond donors (Lipinski definition) is 4. The minimum absolute atomic E-state index is 0.0278. The quantitative estimate of drug-likeness (QED) is 0.467. The number of carbonyl (C=O) groups is 2. The molecule has 2 aromatic carbocycles. The first-order valence-corrected chi connectivity index (χ1v) is 9.84. The molecule has 0 heterocycles. The number of nitrogens with one attached hydrogen (secondary N) is 2. The van der Waals surface area contributed by atoms with Crippen LogP contribution in [0, 0.1) is 0 Å². The van der Waals surface area contributed by atoms with Gasteiger partial charge in [-0.3, -0.25) is 10.6 Å². The Labute approximate surface area is 183 Å². The predicted molar refractivity (Wildman–Crippen MR) is 119 cm³/mol. The Morgan fingerprint density at radius 1 is 0.710 bits per heavy atom. The Bertz CT molecular complexity index is 625. The maximum Gasteiger partial charge on any atom is 0.411 e. The van der Waals surface area contributed by atoms with Gasteiger partial charge in [-0.1, -0.05) is 36.4 Å². The SMILES string of the molecule is CCOC(=O)Nc1ccccc1.CCOC(=O)Nc1ccccc1.OCCOCCO. The summed E-state index contributed by atoms with van der Waals surface area (Å²) in [6.07, 6.45) is -0.826. The Morgan fingerprint density at radius 2 is 1.06 bits per heavy atom. The second-order valence-electron chi connectivity index (χ2n) is 5.48. The lowest BCUT2D eigenvalue weighted by Gasteiger charge is -2.03. The number of hydrogen-bond acceptors (Lipinski definition) is 7. The van der Waals surface area contributed by atoms with E-state index in [1.54, 1.807) is 38.1 Å².